The van der Waals surface area contributed by atoms with Crippen molar-refractivity contribution in [3.8, 4) is 0 Å². The first-order valence-electron chi connectivity index (χ1n) is 10.8. The second-order valence-corrected chi connectivity index (χ2v) is 8.17. The minimum atomic E-state index is -0.514. The molecule has 2 saturated heterocycles. The van der Waals surface area contributed by atoms with Gasteiger partial charge in [-0.1, -0.05) is 0 Å². The van der Waals surface area contributed by atoms with E-state index in [9.17, 15) is 14.7 Å². The number of anilines is 1. The van der Waals surface area contributed by atoms with Crippen molar-refractivity contribution in [1.82, 2.24) is 20.0 Å². The molecule has 3 aliphatic rings. The zero-order chi connectivity index (χ0) is 20.2. The Morgan fingerprint density at radius 3 is 2.72 bits per heavy atom. The highest BCUT2D eigenvalue weighted by Crippen LogP contribution is 2.29. The number of carbonyl (C=O) groups excluding carboxylic acids is 1. The van der Waals surface area contributed by atoms with Gasteiger partial charge in [-0.25, -0.2) is 9.48 Å². The van der Waals surface area contributed by atoms with Crippen molar-refractivity contribution in [2.24, 2.45) is 0 Å². The third-order valence-electron chi connectivity index (χ3n) is 6.28. The Hall–Kier alpha value is -2.13. The standard InChI is InChI=1S/C20H31N5O4/c26-17-6-3-5-16(17)25-19(27)8-7-18(22-25)24-9-2-1-4-15(24)14-21-20(28)23-10-12-29-13-11-23/h7-8,15-17,26H,1-6,9-14H2,(H,21,28). The van der Waals surface area contributed by atoms with Crippen LogP contribution in [0.15, 0.2) is 16.9 Å². The maximum absolute atomic E-state index is 12.4. The number of ether oxygens (including phenoxy) is 1. The van der Waals surface area contributed by atoms with E-state index in [2.05, 4.69) is 15.3 Å². The van der Waals surface area contributed by atoms with Crippen molar-refractivity contribution in [3.05, 3.63) is 22.5 Å². The number of aromatic nitrogens is 2. The highest BCUT2D eigenvalue weighted by molar-refractivity contribution is 5.74. The molecular formula is C20H31N5O4. The van der Waals surface area contributed by atoms with Gasteiger partial charge in [-0.05, 0) is 44.6 Å². The van der Waals surface area contributed by atoms with E-state index >= 15 is 0 Å². The van der Waals surface area contributed by atoms with Crippen LogP contribution in [0.1, 0.15) is 44.6 Å². The number of nitrogens with zero attached hydrogens (tertiary/aromatic N) is 4. The highest BCUT2D eigenvalue weighted by atomic mass is 16.5. The Labute approximate surface area is 170 Å². The van der Waals surface area contributed by atoms with E-state index in [4.69, 9.17) is 4.74 Å². The fourth-order valence-corrected chi connectivity index (χ4v) is 4.61. The highest BCUT2D eigenvalue weighted by Gasteiger charge is 2.30. The molecule has 2 aliphatic heterocycles. The smallest absolute Gasteiger partial charge is 0.317 e. The number of urea groups is 1. The first-order valence-corrected chi connectivity index (χ1v) is 10.8. The zero-order valence-corrected chi connectivity index (χ0v) is 16.8. The quantitative estimate of drug-likeness (QED) is 0.766. The molecular weight excluding hydrogens is 374 g/mol. The molecule has 0 spiro atoms. The van der Waals surface area contributed by atoms with Gasteiger partial charge in [-0.2, -0.15) is 5.10 Å². The molecule has 0 bridgehead atoms. The molecule has 1 saturated carbocycles. The van der Waals surface area contributed by atoms with Crippen LogP contribution in [0.5, 0.6) is 0 Å². The van der Waals surface area contributed by atoms with E-state index in [-0.39, 0.29) is 23.7 Å². The van der Waals surface area contributed by atoms with E-state index in [0.29, 0.717) is 39.3 Å². The fourth-order valence-electron chi connectivity index (χ4n) is 4.61. The van der Waals surface area contributed by atoms with Gasteiger partial charge < -0.3 is 25.0 Å². The molecule has 3 unspecified atom stereocenters. The van der Waals surface area contributed by atoms with Crippen LogP contribution in [-0.4, -0.2) is 77.4 Å². The molecule has 3 heterocycles. The van der Waals surface area contributed by atoms with Gasteiger partial charge in [-0.15, -0.1) is 0 Å². The molecule has 0 radical (unpaired) electrons. The van der Waals surface area contributed by atoms with E-state index in [1.165, 1.54) is 4.68 Å². The Morgan fingerprint density at radius 1 is 1.14 bits per heavy atom. The molecule has 29 heavy (non-hydrogen) atoms. The SMILES string of the molecule is O=C(NCC1CCCCN1c1ccc(=O)n(C2CCCC2O)n1)N1CCOCC1. The summed E-state index contributed by atoms with van der Waals surface area (Å²) in [6, 6.07) is 3.16. The van der Waals surface area contributed by atoms with Crippen molar-refractivity contribution in [3.63, 3.8) is 0 Å². The second kappa shape index (κ2) is 9.13. The van der Waals surface area contributed by atoms with Crippen LogP contribution in [0.4, 0.5) is 10.6 Å². The van der Waals surface area contributed by atoms with Gasteiger partial charge in [-0.3, -0.25) is 4.79 Å². The summed E-state index contributed by atoms with van der Waals surface area (Å²) in [5.74, 6) is 0.744. The first-order chi connectivity index (χ1) is 14.1. The second-order valence-electron chi connectivity index (χ2n) is 8.17. The first kappa shape index (κ1) is 20.2. The van der Waals surface area contributed by atoms with Gasteiger partial charge in [0.2, 0.25) is 0 Å². The molecule has 1 aromatic rings. The summed E-state index contributed by atoms with van der Waals surface area (Å²) in [6.45, 7) is 3.80. The molecule has 9 nitrogen and oxygen atoms in total. The number of aliphatic hydroxyl groups excluding tert-OH is 1. The lowest BCUT2D eigenvalue weighted by atomic mass is 10.0. The van der Waals surface area contributed by atoms with Crippen LogP contribution in [0.25, 0.3) is 0 Å². The van der Waals surface area contributed by atoms with Gasteiger partial charge in [0.15, 0.2) is 0 Å². The predicted octanol–water partition coefficient (Wildman–Crippen LogP) is 0.730. The molecule has 4 rings (SSSR count). The summed E-state index contributed by atoms with van der Waals surface area (Å²) in [5.41, 5.74) is -0.172. The van der Waals surface area contributed by atoms with E-state index in [1.807, 2.05) is 0 Å². The third-order valence-corrected chi connectivity index (χ3v) is 6.28. The van der Waals surface area contributed by atoms with Gasteiger partial charge in [0.1, 0.15) is 5.82 Å². The van der Waals surface area contributed by atoms with Crippen LogP contribution >= 0.6 is 0 Å². The molecule has 9 heteroatoms. The van der Waals surface area contributed by atoms with Crippen LogP contribution in [0.2, 0.25) is 0 Å². The summed E-state index contributed by atoms with van der Waals surface area (Å²) >= 11 is 0. The lowest BCUT2D eigenvalue weighted by molar-refractivity contribution is 0.0531. The molecule has 3 fully saturated rings. The molecule has 2 N–H and O–H groups in total. The molecule has 2 amide bonds. The maximum atomic E-state index is 12.4. The predicted molar refractivity (Wildman–Crippen MR) is 108 cm³/mol. The number of amides is 2. The molecule has 3 atom stereocenters. The Kier molecular flexibility index (Phi) is 6.34. The van der Waals surface area contributed by atoms with Crippen molar-refractivity contribution in [1.29, 1.82) is 0 Å². The lowest BCUT2D eigenvalue weighted by Gasteiger charge is -2.37. The average molecular weight is 405 g/mol. The lowest BCUT2D eigenvalue weighted by Crippen LogP contribution is -2.52. The van der Waals surface area contributed by atoms with E-state index in [1.54, 1.807) is 17.0 Å². The number of piperidine rings is 1. The molecule has 0 aromatic carbocycles. The van der Waals surface area contributed by atoms with Crippen LogP contribution in [0, 0.1) is 0 Å². The number of morpholine rings is 1. The minimum Gasteiger partial charge on any atom is -0.391 e. The fraction of sp³-hybridized carbons (Fsp3) is 0.750. The number of aliphatic hydroxyl groups is 1. The van der Waals surface area contributed by atoms with Crippen LogP contribution in [0.3, 0.4) is 0 Å². The molecule has 1 aromatic heterocycles. The third kappa shape index (κ3) is 4.56. The normalized spacial score (nSPS) is 27.8. The molecule has 160 valence electrons. The number of hydrogen-bond acceptors (Lipinski definition) is 6. The monoisotopic (exact) mass is 405 g/mol. The zero-order valence-electron chi connectivity index (χ0n) is 16.8. The number of nitrogens with one attached hydrogen (secondary N) is 1. The van der Waals surface area contributed by atoms with E-state index in [0.717, 1.165) is 44.5 Å². The summed E-state index contributed by atoms with van der Waals surface area (Å²) < 4.78 is 6.77. The summed E-state index contributed by atoms with van der Waals surface area (Å²) in [5, 5.41) is 17.9. The summed E-state index contributed by atoms with van der Waals surface area (Å²) in [6.07, 6.45) is 5.01. The van der Waals surface area contributed by atoms with Crippen LogP contribution in [-0.2, 0) is 4.74 Å². The molecule has 1 aliphatic carbocycles. The van der Waals surface area contributed by atoms with E-state index < -0.39 is 6.10 Å². The minimum absolute atomic E-state index is 0.0502. The number of carbonyl (C=O) groups is 1. The topological polar surface area (TPSA) is 99.9 Å². The van der Waals surface area contributed by atoms with Crippen molar-refractivity contribution < 1.29 is 14.6 Å². The van der Waals surface area contributed by atoms with Crippen molar-refractivity contribution in [2.45, 2.75) is 56.7 Å². The Balaban J connectivity index is 1.45. The van der Waals surface area contributed by atoms with Gasteiger partial charge >= 0.3 is 6.03 Å². The van der Waals surface area contributed by atoms with Gasteiger partial charge in [0.05, 0.1) is 25.4 Å². The summed E-state index contributed by atoms with van der Waals surface area (Å²) in [7, 11) is 0. The Morgan fingerprint density at radius 2 is 1.97 bits per heavy atom. The van der Waals surface area contributed by atoms with Crippen LogP contribution < -0.4 is 15.8 Å². The average Bonchev–Trinajstić information content (AvgIpc) is 3.19. The summed E-state index contributed by atoms with van der Waals surface area (Å²) in [4.78, 5) is 28.8. The largest absolute Gasteiger partial charge is 0.391 e. The number of hydrogen-bond donors (Lipinski definition) is 2. The van der Waals surface area contributed by atoms with Crippen molar-refractivity contribution in [2.75, 3.05) is 44.3 Å². The number of rotatable bonds is 4. The Bertz CT molecular complexity index is 763. The van der Waals surface area contributed by atoms with Gasteiger partial charge in [0.25, 0.3) is 5.56 Å². The van der Waals surface area contributed by atoms with Gasteiger partial charge in [0, 0.05) is 38.3 Å². The van der Waals surface area contributed by atoms with Crippen molar-refractivity contribution >= 4 is 11.8 Å². The maximum Gasteiger partial charge on any atom is 0.317 e.